The summed E-state index contributed by atoms with van der Waals surface area (Å²) in [5.74, 6) is -0.290. The van der Waals surface area contributed by atoms with Crippen molar-refractivity contribution in [3.63, 3.8) is 0 Å². The van der Waals surface area contributed by atoms with Gasteiger partial charge in [-0.05, 0) is 53.4 Å². The van der Waals surface area contributed by atoms with Crippen molar-refractivity contribution in [1.82, 2.24) is 15.3 Å². The van der Waals surface area contributed by atoms with Crippen LogP contribution < -0.4 is 5.43 Å². The molecule has 0 unspecified atom stereocenters. The molecule has 3 aromatic carbocycles. The van der Waals surface area contributed by atoms with Gasteiger partial charge in [-0.1, -0.05) is 55.3 Å². The third-order valence-corrected chi connectivity index (χ3v) is 5.76. The van der Waals surface area contributed by atoms with E-state index >= 15 is 0 Å². The van der Waals surface area contributed by atoms with Gasteiger partial charge in [0.15, 0.2) is 0 Å². The summed E-state index contributed by atoms with van der Waals surface area (Å²) in [6.07, 6.45) is 4.17. The van der Waals surface area contributed by atoms with Gasteiger partial charge in [-0.2, -0.15) is 5.26 Å². The average molecular weight is 427 g/mol. The van der Waals surface area contributed by atoms with Crippen LogP contribution in [0.15, 0.2) is 66.7 Å². The molecule has 4 rings (SSSR count). The second kappa shape index (κ2) is 9.97. The molecule has 0 radical (unpaired) electrons. The molecule has 1 aliphatic heterocycles. The van der Waals surface area contributed by atoms with Gasteiger partial charge in [-0.3, -0.25) is 4.79 Å². The van der Waals surface area contributed by atoms with Gasteiger partial charge in [0, 0.05) is 18.7 Å². The molecule has 0 atom stereocenters. The van der Waals surface area contributed by atoms with E-state index in [1.807, 2.05) is 42.5 Å². The molecule has 3 aromatic rings. The molecule has 1 saturated heterocycles. The maximum absolute atomic E-state index is 13.5. The summed E-state index contributed by atoms with van der Waals surface area (Å²) >= 11 is 0. The third kappa shape index (κ3) is 5.06. The van der Waals surface area contributed by atoms with Gasteiger partial charge in [0.1, 0.15) is 0 Å². The minimum Gasteiger partial charge on any atom is -0.323 e. The number of nitriles is 1. The number of hydrazine groups is 1. The number of fused-ring (bicyclic) bond motifs is 1. The number of carbonyl (C=O) groups excluding carboxylic acids is 2. The Morgan fingerprint density at radius 2 is 1.66 bits per heavy atom. The molecule has 1 aliphatic rings. The van der Waals surface area contributed by atoms with Gasteiger partial charge in [0.2, 0.25) is 0 Å². The smallest absolute Gasteiger partial charge is 0.323 e. The number of likely N-dealkylation sites (tertiary alicyclic amines) is 1. The van der Waals surface area contributed by atoms with E-state index in [-0.39, 0.29) is 18.5 Å². The zero-order chi connectivity index (χ0) is 22.3. The number of nitrogens with one attached hydrogen (secondary N) is 1. The largest absolute Gasteiger partial charge is 0.336 e. The fourth-order valence-electron chi connectivity index (χ4n) is 4.02. The number of hydrogen-bond acceptors (Lipinski definition) is 3. The number of amides is 3. The van der Waals surface area contributed by atoms with E-state index in [0.717, 1.165) is 42.0 Å². The molecule has 1 fully saturated rings. The van der Waals surface area contributed by atoms with Crippen molar-refractivity contribution in [3.05, 3.63) is 83.4 Å². The predicted octanol–water partition coefficient (Wildman–Crippen LogP) is 4.85. The lowest BCUT2D eigenvalue weighted by molar-refractivity contribution is 0.0642. The molecular weight excluding hydrogens is 400 g/mol. The number of nitrogens with zero attached hydrogens (tertiary/aromatic N) is 3. The standard InChI is InChI=1S/C26H26N4O2/c27-18-20-8-7-9-21(16-20)19-30(28-26(32)29-14-5-1-2-6-15-29)25(31)24-13-12-22-10-3-4-11-23(22)17-24/h3-4,7-13,16-17H,1-2,5-6,14-15,19H2,(H,28,32). The van der Waals surface area contributed by atoms with Gasteiger partial charge in [-0.25, -0.2) is 15.2 Å². The number of urea groups is 1. The SMILES string of the molecule is N#Cc1cccc(CN(NC(=O)N2CCCCCC2)C(=O)c2ccc3ccccc3c2)c1. The molecular formula is C26H26N4O2. The summed E-state index contributed by atoms with van der Waals surface area (Å²) in [6.45, 7) is 1.54. The number of hydrogen-bond donors (Lipinski definition) is 1. The van der Waals surface area contributed by atoms with Crippen LogP contribution >= 0.6 is 0 Å². The normalized spacial score (nSPS) is 13.8. The van der Waals surface area contributed by atoms with E-state index in [1.165, 1.54) is 5.01 Å². The van der Waals surface area contributed by atoms with Crippen LogP contribution in [0.3, 0.4) is 0 Å². The summed E-state index contributed by atoms with van der Waals surface area (Å²) in [6, 6.07) is 22.3. The fourth-order valence-corrected chi connectivity index (χ4v) is 4.02. The Morgan fingerprint density at radius 3 is 2.41 bits per heavy atom. The minimum absolute atomic E-state index is 0.167. The summed E-state index contributed by atoms with van der Waals surface area (Å²) in [7, 11) is 0. The van der Waals surface area contributed by atoms with Crippen LogP contribution in [0, 0.1) is 11.3 Å². The monoisotopic (exact) mass is 426 g/mol. The molecule has 0 saturated carbocycles. The van der Waals surface area contributed by atoms with Crippen LogP contribution in [0.4, 0.5) is 4.79 Å². The van der Waals surface area contributed by atoms with Crippen LogP contribution in [-0.4, -0.2) is 34.9 Å². The Bertz CT molecular complexity index is 1160. The summed E-state index contributed by atoms with van der Waals surface area (Å²) in [5.41, 5.74) is 4.62. The second-order valence-electron chi connectivity index (χ2n) is 8.08. The average Bonchev–Trinajstić information content (AvgIpc) is 3.13. The first-order valence-corrected chi connectivity index (χ1v) is 11.0. The van der Waals surface area contributed by atoms with Crippen LogP contribution in [0.5, 0.6) is 0 Å². The van der Waals surface area contributed by atoms with Gasteiger partial charge < -0.3 is 4.90 Å². The number of carbonyl (C=O) groups is 2. The zero-order valence-corrected chi connectivity index (χ0v) is 18.0. The van der Waals surface area contributed by atoms with Gasteiger partial charge in [-0.15, -0.1) is 0 Å². The van der Waals surface area contributed by atoms with E-state index < -0.39 is 0 Å². The molecule has 0 spiro atoms. The molecule has 1 heterocycles. The molecule has 0 aliphatic carbocycles. The van der Waals surface area contributed by atoms with E-state index in [4.69, 9.17) is 0 Å². The topological polar surface area (TPSA) is 76.4 Å². The Kier molecular flexibility index (Phi) is 6.66. The quantitative estimate of drug-likeness (QED) is 0.608. The van der Waals surface area contributed by atoms with Crippen molar-refractivity contribution in [2.75, 3.05) is 13.1 Å². The highest BCUT2D eigenvalue weighted by molar-refractivity contribution is 5.99. The Balaban J connectivity index is 1.61. The zero-order valence-electron chi connectivity index (χ0n) is 18.0. The van der Waals surface area contributed by atoms with Gasteiger partial charge in [0.25, 0.3) is 5.91 Å². The molecule has 6 heteroatoms. The van der Waals surface area contributed by atoms with Crippen molar-refractivity contribution in [2.24, 2.45) is 0 Å². The maximum atomic E-state index is 13.5. The maximum Gasteiger partial charge on any atom is 0.336 e. The number of rotatable bonds is 3. The lowest BCUT2D eigenvalue weighted by Crippen LogP contribution is -2.51. The molecule has 162 valence electrons. The van der Waals surface area contributed by atoms with E-state index in [1.54, 1.807) is 29.2 Å². The first-order chi connectivity index (χ1) is 15.6. The summed E-state index contributed by atoms with van der Waals surface area (Å²) in [4.78, 5) is 28.2. The third-order valence-electron chi connectivity index (χ3n) is 5.76. The van der Waals surface area contributed by atoms with Crippen molar-refractivity contribution in [1.29, 1.82) is 5.26 Å². The van der Waals surface area contributed by atoms with Crippen LogP contribution in [0.25, 0.3) is 10.8 Å². The minimum atomic E-state index is -0.290. The highest BCUT2D eigenvalue weighted by atomic mass is 16.2. The summed E-state index contributed by atoms with van der Waals surface area (Å²) < 4.78 is 0. The van der Waals surface area contributed by atoms with E-state index in [0.29, 0.717) is 24.2 Å². The highest BCUT2D eigenvalue weighted by Gasteiger charge is 2.23. The first-order valence-electron chi connectivity index (χ1n) is 11.0. The van der Waals surface area contributed by atoms with Gasteiger partial charge >= 0.3 is 6.03 Å². The van der Waals surface area contributed by atoms with Crippen LogP contribution in [0.1, 0.15) is 47.2 Å². The first kappa shape index (κ1) is 21.4. The Labute approximate surface area is 188 Å². The van der Waals surface area contributed by atoms with E-state index in [9.17, 15) is 14.9 Å². The Morgan fingerprint density at radius 1 is 0.906 bits per heavy atom. The fraction of sp³-hybridized carbons (Fsp3) is 0.269. The van der Waals surface area contributed by atoms with Crippen molar-refractivity contribution < 1.29 is 9.59 Å². The van der Waals surface area contributed by atoms with E-state index in [2.05, 4.69) is 11.5 Å². The molecule has 3 amide bonds. The molecule has 1 N–H and O–H groups in total. The molecule has 0 bridgehead atoms. The van der Waals surface area contributed by atoms with Gasteiger partial charge in [0.05, 0.1) is 18.2 Å². The predicted molar refractivity (Wildman–Crippen MR) is 124 cm³/mol. The molecule has 0 aromatic heterocycles. The molecule has 6 nitrogen and oxygen atoms in total. The second-order valence-corrected chi connectivity index (χ2v) is 8.08. The van der Waals surface area contributed by atoms with Crippen molar-refractivity contribution >= 4 is 22.7 Å². The highest BCUT2D eigenvalue weighted by Crippen LogP contribution is 2.18. The van der Waals surface area contributed by atoms with Crippen molar-refractivity contribution in [3.8, 4) is 6.07 Å². The Hall–Kier alpha value is -3.85. The molecule has 32 heavy (non-hydrogen) atoms. The van der Waals surface area contributed by atoms with Crippen molar-refractivity contribution in [2.45, 2.75) is 32.2 Å². The van der Waals surface area contributed by atoms with Crippen LogP contribution in [-0.2, 0) is 6.54 Å². The summed E-state index contributed by atoms with van der Waals surface area (Å²) in [5, 5.41) is 12.6. The number of benzene rings is 3. The lowest BCUT2D eigenvalue weighted by Gasteiger charge is -2.28. The van der Waals surface area contributed by atoms with Crippen LogP contribution in [0.2, 0.25) is 0 Å². The lowest BCUT2D eigenvalue weighted by atomic mass is 10.1.